The van der Waals surface area contributed by atoms with Crippen LogP contribution in [0.3, 0.4) is 0 Å². The van der Waals surface area contributed by atoms with Crippen LogP contribution in [0.4, 0.5) is 4.79 Å². The van der Waals surface area contributed by atoms with Crippen molar-refractivity contribution in [3.8, 4) is 0 Å². The van der Waals surface area contributed by atoms with E-state index in [1.807, 2.05) is 0 Å². The van der Waals surface area contributed by atoms with Crippen LogP contribution >= 0.6 is 0 Å². The van der Waals surface area contributed by atoms with Gasteiger partial charge in [-0.25, -0.2) is 4.79 Å². The van der Waals surface area contributed by atoms with Gasteiger partial charge in [0.25, 0.3) is 0 Å². The molecule has 2 aliphatic rings. The van der Waals surface area contributed by atoms with Gasteiger partial charge in [0, 0.05) is 25.8 Å². The number of rotatable bonds is 3. The van der Waals surface area contributed by atoms with Gasteiger partial charge < -0.3 is 20.7 Å². The van der Waals surface area contributed by atoms with Crippen LogP contribution in [-0.4, -0.2) is 44.9 Å². The molecule has 0 bridgehead atoms. The molecule has 2 rings (SSSR count). The lowest BCUT2D eigenvalue weighted by atomic mass is 10.1. The molecule has 2 heterocycles. The molecule has 0 radical (unpaired) electrons. The number of carbonyl (C=O) groups excluding carboxylic acids is 1. The second-order valence-corrected chi connectivity index (χ2v) is 4.60. The molecule has 2 fully saturated rings. The van der Waals surface area contributed by atoms with Crippen molar-refractivity contribution >= 4 is 6.03 Å². The van der Waals surface area contributed by atoms with E-state index in [2.05, 4.69) is 16.0 Å². The fourth-order valence-electron chi connectivity index (χ4n) is 2.20. The van der Waals surface area contributed by atoms with Gasteiger partial charge in [0.05, 0.1) is 0 Å². The van der Waals surface area contributed by atoms with Crippen LogP contribution in [-0.2, 0) is 4.74 Å². The third-order valence-corrected chi connectivity index (χ3v) is 3.27. The highest BCUT2D eigenvalue weighted by Crippen LogP contribution is 2.07. The molecular weight excluding hydrogens is 206 g/mol. The molecular formula is C11H21N3O2. The van der Waals surface area contributed by atoms with Crippen LogP contribution in [0.1, 0.15) is 19.3 Å². The quantitative estimate of drug-likeness (QED) is 0.639. The summed E-state index contributed by atoms with van der Waals surface area (Å²) >= 11 is 0. The molecule has 2 saturated heterocycles. The maximum Gasteiger partial charge on any atom is 0.315 e. The Morgan fingerprint density at radius 3 is 2.81 bits per heavy atom. The zero-order chi connectivity index (χ0) is 11.2. The molecule has 3 N–H and O–H groups in total. The van der Waals surface area contributed by atoms with E-state index in [0.29, 0.717) is 5.92 Å². The Balaban J connectivity index is 1.59. The van der Waals surface area contributed by atoms with Crippen molar-refractivity contribution in [3.05, 3.63) is 0 Å². The molecule has 92 valence electrons. The molecule has 1 unspecified atom stereocenters. The monoisotopic (exact) mass is 227 g/mol. The van der Waals surface area contributed by atoms with E-state index in [9.17, 15) is 4.79 Å². The van der Waals surface area contributed by atoms with Crippen molar-refractivity contribution in [2.24, 2.45) is 5.92 Å². The first-order valence-electron chi connectivity index (χ1n) is 6.17. The summed E-state index contributed by atoms with van der Waals surface area (Å²) in [6, 6.07) is 0.259. The summed E-state index contributed by atoms with van der Waals surface area (Å²) in [6.45, 7) is 4.41. The standard InChI is InChI=1S/C11H21N3O2/c15-11(13-8-9-1-4-12-7-9)14-10-2-5-16-6-3-10/h9-10,12H,1-8H2,(H2,13,14,15). The molecule has 16 heavy (non-hydrogen) atoms. The van der Waals surface area contributed by atoms with Crippen molar-refractivity contribution in [1.29, 1.82) is 0 Å². The summed E-state index contributed by atoms with van der Waals surface area (Å²) < 4.78 is 5.24. The number of nitrogens with one attached hydrogen (secondary N) is 3. The van der Waals surface area contributed by atoms with Gasteiger partial charge in [-0.1, -0.05) is 0 Å². The van der Waals surface area contributed by atoms with E-state index in [-0.39, 0.29) is 12.1 Å². The molecule has 0 aromatic heterocycles. The summed E-state index contributed by atoms with van der Waals surface area (Å²) in [7, 11) is 0. The lowest BCUT2D eigenvalue weighted by molar-refractivity contribution is 0.0800. The number of amides is 2. The number of carbonyl (C=O) groups is 1. The Labute approximate surface area is 96.3 Å². The maximum absolute atomic E-state index is 11.6. The first-order chi connectivity index (χ1) is 7.84. The van der Waals surface area contributed by atoms with Crippen molar-refractivity contribution in [3.63, 3.8) is 0 Å². The lowest BCUT2D eigenvalue weighted by Gasteiger charge is -2.23. The zero-order valence-electron chi connectivity index (χ0n) is 9.63. The molecule has 2 aliphatic heterocycles. The van der Waals surface area contributed by atoms with Crippen molar-refractivity contribution < 1.29 is 9.53 Å². The van der Waals surface area contributed by atoms with Gasteiger partial charge in [-0.3, -0.25) is 0 Å². The minimum atomic E-state index is -0.0289. The molecule has 0 spiro atoms. The third kappa shape index (κ3) is 3.64. The van der Waals surface area contributed by atoms with Gasteiger partial charge in [-0.2, -0.15) is 0 Å². The van der Waals surface area contributed by atoms with E-state index in [1.54, 1.807) is 0 Å². The highest BCUT2D eigenvalue weighted by molar-refractivity contribution is 5.74. The highest BCUT2D eigenvalue weighted by atomic mass is 16.5. The smallest absolute Gasteiger partial charge is 0.315 e. The van der Waals surface area contributed by atoms with Crippen LogP contribution in [0.5, 0.6) is 0 Å². The molecule has 1 atom stereocenters. The van der Waals surface area contributed by atoms with Crippen LogP contribution in [0.15, 0.2) is 0 Å². The Morgan fingerprint density at radius 2 is 2.12 bits per heavy atom. The summed E-state index contributed by atoms with van der Waals surface area (Å²) in [4.78, 5) is 11.6. The van der Waals surface area contributed by atoms with Crippen LogP contribution in [0, 0.1) is 5.92 Å². The highest BCUT2D eigenvalue weighted by Gasteiger charge is 2.18. The molecule has 5 heteroatoms. The topological polar surface area (TPSA) is 62.4 Å². The Hall–Kier alpha value is -0.810. The minimum Gasteiger partial charge on any atom is -0.381 e. The Bertz CT molecular complexity index is 223. The predicted octanol–water partition coefficient (Wildman–Crippen LogP) is 0.0741. The first kappa shape index (κ1) is 11.7. The van der Waals surface area contributed by atoms with Gasteiger partial charge in [0.2, 0.25) is 0 Å². The van der Waals surface area contributed by atoms with Gasteiger partial charge in [0.1, 0.15) is 0 Å². The number of urea groups is 1. The SMILES string of the molecule is O=C(NCC1CCNC1)NC1CCOCC1. The van der Waals surface area contributed by atoms with Gasteiger partial charge >= 0.3 is 6.03 Å². The molecule has 0 saturated carbocycles. The fourth-order valence-corrected chi connectivity index (χ4v) is 2.20. The maximum atomic E-state index is 11.6. The summed E-state index contributed by atoms with van der Waals surface area (Å²) in [5.41, 5.74) is 0. The predicted molar refractivity (Wildman–Crippen MR) is 61.4 cm³/mol. The van der Waals surface area contributed by atoms with Gasteiger partial charge in [-0.15, -0.1) is 0 Å². The fraction of sp³-hybridized carbons (Fsp3) is 0.909. The number of ether oxygens (including phenoxy) is 1. The Morgan fingerprint density at radius 1 is 1.31 bits per heavy atom. The average molecular weight is 227 g/mol. The van der Waals surface area contributed by atoms with E-state index in [1.165, 1.54) is 0 Å². The van der Waals surface area contributed by atoms with E-state index < -0.39 is 0 Å². The van der Waals surface area contributed by atoms with Crippen LogP contribution < -0.4 is 16.0 Å². The van der Waals surface area contributed by atoms with E-state index >= 15 is 0 Å². The van der Waals surface area contributed by atoms with Crippen LogP contribution in [0.2, 0.25) is 0 Å². The summed E-state index contributed by atoms with van der Waals surface area (Å²) in [6.07, 6.45) is 3.02. The molecule has 2 amide bonds. The second kappa shape index (κ2) is 6.06. The van der Waals surface area contributed by atoms with Gasteiger partial charge in [-0.05, 0) is 38.3 Å². The second-order valence-electron chi connectivity index (χ2n) is 4.60. The van der Waals surface area contributed by atoms with E-state index in [0.717, 1.165) is 52.1 Å². The van der Waals surface area contributed by atoms with Crippen molar-refractivity contribution in [1.82, 2.24) is 16.0 Å². The Kier molecular flexibility index (Phi) is 4.42. The largest absolute Gasteiger partial charge is 0.381 e. The lowest BCUT2D eigenvalue weighted by Crippen LogP contribution is -2.45. The van der Waals surface area contributed by atoms with Gasteiger partial charge in [0.15, 0.2) is 0 Å². The van der Waals surface area contributed by atoms with Crippen LogP contribution in [0.25, 0.3) is 0 Å². The van der Waals surface area contributed by atoms with E-state index in [4.69, 9.17) is 4.74 Å². The molecule has 0 aromatic carbocycles. The molecule has 5 nitrogen and oxygen atoms in total. The average Bonchev–Trinajstić information content (AvgIpc) is 2.81. The number of hydrogen-bond donors (Lipinski definition) is 3. The third-order valence-electron chi connectivity index (χ3n) is 3.27. The summed E-state index contributed by atoms with van der Waals surface area (Å²) in [5.74, 6) is 0.598. The zero-order valence-corrected chi connectivity index (χ0v) is 9.63. The number of hydrogen-bond acceptors (Lipinski definition) is 3. The first-order valence-corrected chi connectivity index (χ1v) is 6.17. The van der Waals surface area contributed by atoms with Crippen molar-refractivity contribution in [2.75, 3.05) is 32.8 Å². The minimum absolute atomic E-state index is 0.0289. The van der Waals surface area contributed by atoms with Crippen molar-refractivity contribution in [2.45, 2.75) is 25.3 Å². The summed E-state index contributed by atoms with van der Waals surface area (Å²) in [5, 5.41) is 9.22. The molecule has 0 aromatic rings. The normalized spacial score (nSPS) is 26.6. The molecule has 0 aliphatic carbocycles.